The molecule has 0 unspecified atom stereocenters. The molecule has 37 heavy (non-hydrogen) atoms. The van der Waals surface area contributed by atoms with Gasteiger partial charge in [0.05, 0.1) is 29.7 Å². The predicted octanol–water partition coefficient (Wildman–Crippen LogP) is 5.58. The van der Waals surface area contributed by atoms with Gasteiger partial charge in [-0.15, -0.1) is 0 Å². The first-order chi connectivity index (χ1) is 18.1. The van der Waals surface area contributed by atoms with Crippen molar-refractivity contribution in [2.45, 2.75) is 46.2 Å². The Balaban J connectivity index is 1.64. The molecule has 2 amide bonds. The smallest absolute Gasteiger partial charge is 0.318 e. The topological polar surface area (TPSA) is 64.3 Å². The van der Waals surface area contributed by atoms with E-state index in [2.05, 4.69) is 78.5 Å². The van der Waals surface area contributed by atoms with Crippen molar-refractivity contribution >= 4 is 6.03 Å². The van der Waals surface area contributed by atoms with Crippen molar-refractivity contribution in [3.63, 3.8) is 0 Å². The van der Waals surface area contributed by atoms with Crippen LogP contribution in [-0.4, -0.2) is 45.0 Å². The second-order valence-corrected chi connectivity index (χ2v) is 9.38. The Morgan fingerprint density at radius 2 is 1.92 bits per heavy atom. The quantitative estimate of drug-likeness (QED) is 0.324. The number of rotatable bonds is 8. The molecule has 0 spiro atoms. The third kappa shape index (κ3) is 4.91. The number of nitrogens with one attached hydrogen (secondary N) is 1. The fraction of sp³-hybridized carbons (Fsp3) is 0.333. The van der Waals surface area contributed by atoms with Crippen molar-refractivity contribution in [2.24, 2.45) is 0 Å². The summed E-state index contributed by atoms with van der Waals surface area (Å²) < 4.78 is 9.70. The second kappa shape index (κ2) is 11.0. The number of aromatic nitrogens is 3. The highest BCUT2D eigenvalue weighted by Gasteiger charge is 2.36. The lowest BCUT2D eigenvalue weighted by atomic mass is 10.00. The standard InChI is InChI=1S/C30H35N5O2/c1-4-26-25-21-34(30(36)31-17-11-19-37-5-2)28(23-13-9-12-22(3)20-23)27-16-10-18-33(27)29(25)35(32-26)24-14-7-6-8-15-24/h6-10,12-16,18,20,28H,4-5,11,17,19,21H2,1-3H3,(H,31,36)/t28-/m1/s1. The van der Waals surface area contributed by atoms with E-state index in [9.17, 15) is 4.79 Å². The minimum atomic E-state index is -0.247. The van der Waals surface area contributed by atoms with Crippen molar-refractivity contribution in [1.29, 1.82) is 0 Å². The van der Waals surface area contributed by atoms with Crippen LogP contribution in [0.3, 0.4) is 0 Å². The van der Waals surface area contributed by atoms with Gasteiger partial charge < -0.3 is 19.5 Å². The van der Waals surface area contributed by atoms with Crippen LogP contribution in [-0.2, 0) is 17.7 Å². The molecule has 0 saturated heterocycles. The van der Waals surface area contributed by atoms with Crippen LogP contribution in [0.25, 0.3) is 11.5 Å². The molecule has 7 nitrogen and oxygen atoms in total. The van der Waals surface area contributed by atoms with Crippen LogP contribution >= 0.6 is 0 Å². The largest absolute Gasteiger partial charge is 0.382 e. The van der Waals surface area contributed by atoms with Crippen molar-refractivity contribution < 1.29 is 9.53 Å². The van der Waals surface area contributed by atoms with Crippen molar-refractivity contribution in [2.75, 3.05) is 19.8 Å². The lowest BCUT2D eigenvalue weighted by Gasteiger charge is -2.31. The molecule has 4 aromatic rings. The van der Waals surface area contributed by atoms with Gasteiger partial charge in [0.1, 0.15) is 5.82 Å². The fourth-order valence-electron chi connectivity index (χ4n) is 5.15. The minimum Gasteiger partial charge on any atom is -0.382 e. The van der Waals surface area contributed by atoms with E-state index < -0.39 is 0 Å². The highest BCUT2D eigenvalue weighted by molar-refractivity contribution is 5.76. The van der Waals surface area contributed by atoms with Gasteiger partial charge in [-0.2, -0.15) is 5.10 Å². The molecule has 0 bridgehead atoms. The summed E-state index contributed by atoms with van der Waals surface area (Å²) in [6, 6.07) is 22.5. The van der Waals surface area contributed by atoms with Crippen LogP contribution in [0.5, 0.6) is 0 Å². The molecule has 2 aromatic heterocycles. The zero-order valence-corrected chi connectivity index (χ0v) is 21.9. The normalized spacial score (nSPS) is 14.7. The first kappa shape index (κ1) is 24.8. The molecule has 0 fully saturated rings. The van der Waals surface area contributed by atoms with E-state index in [1.807, 2.05) is 34.7 Å². The van der Waals surface area contributed by atoms with Gasteiger partial charge in [-0.1, -0.05) is 55.0 Å². The number of hydrogen-bond acceptors (Lipinski definition) is 3. The Hall–Kier alpha value is -3.84. The van der Waals surface area contributed by atoms with Crippen molar-refractivity contribution in [3.05, 3.63) is 101 Å². The average molecular weight is 498 g/mol. The number of aryl methyl sites for hydroxylation is 2. The molecule has 1 N–H and O–H groups in total. The highest BCUT2D eigenvalue weighted by atomic mass is 16.5. The van der Waals surface area contributed by atoms with E-state index in [1.165, 1.54) is 5.56 Å². The highest BCUT2D eigenvalue weighted by Crippen LogP contribution is 2.38. The van der Waals surface area contributed by atoms with Gasteiger partial charge in [0.25, 0.3) is 0 Å². The zero-order valence-electron chi connectivity index (χ0n) is 21.9. The van der Waals surface area contributed by atoms with Crippen LogP contribution in [0.15, 0.2) is 72.9 Å². The number of hydrogen-bond donors (Lipinski definition) is 1. The number of carbonyl (C=O) groups excluding carboxylic acids is 1. The maximum absolute atomic E-state index is 13.8. The number of urea groups is 1. The molecule has 1 aliphatic rings. The van der Waals surface area contributed by atoms with E-state index in [1.54, 1.807) is 0 Å². The summed E-state index contributed by atoms with van der Waals surface area (Å²) in [7, 11) is 0. The van der Waals surface area contributed by atoms with Crippen LogP contribution in [0.4, 0.5) is 4.79 Å². The Morgan fingerprint density at radius 1 is 1.08 bits per heavy atom. The summed E-state index contributed by atoms with van der Waals surface area (Å²) in [5.41, 5.74) is 6.36. The molecule has 192 valence electrons. The summed E-state index contributed by atoms with van der Waals surface area (Å²) in [4.78, 5) is 15.8. The summed E-state index contributed by atoms with van der Waals surface area (Å²) >= 11 is 0. The second-order valence-electron chi connectivity index (χ2n) is 9.38. The van der Waals surface area contributed by atoms with E-state index in [0.29, 0.717) is 26.3 Å². The van der Waals surface area contributed by atoms with E-state index in [-0.39, 0.29) is 12.1 Å². The molecular weight excluding hydrogens is 462 g/mol. The number of amides is 2. The molecule has 0 radical (unpaired) electrons. The van der Waals surface area contributed by atoms with Gasteiger partial charge in [0.15, 0.2) is 0 Å². The van der Waals surface area contributed by atoms with Gasteiger partial charge in [-0.05, 0) is 56.5 Å². The first-order valence-electron chi connectivity index (χ1n) is 13.1. The van der Waals surface area contributed by atoms with Gasteiger partial charge in [-0.25, -0.2) is 9.48 Å². The lowest BCUT2D eigenvalue weighted by Crippen LogP contribution is -2.42. The molecule has 0 saturated carbocycles. The molecule has 2 aromatic carbocycles. The van der Waals surface area contributed by atoms with Crippen molar-refractivity contribution in [3.8, 4) is 11.5 Å². The van der Waals surface area contributed by atoms with E-state index in [0.717, 1.165) is 46.9 Å². The SMILES string of the molecule is CCOCCCNC(=O)N1Cc2c(CC)nn(-c3ccccc3)c2-n2cccc2[C@H]1c1cccc(C)c1. The predicted molar refractivity (Wildman–Crippen MR) is 145 cm³/mol. The van der Waals surface area contributed by atoms with E-state index in [4.69, 9.17) is 9.84 Å². The number of carbonyl (C=O) groups is 1. The number of benzene rings is 2. The summed E-state index contributed by atoms with van der Waals surface area (Å²) in [5, 5.41) is 8.18. The van der Waals surface area contributed by atoms with Crippen LogP contribution in [0, 0.1) is 6.92 Å². The summed E-state index contributed by atoms with van der Waals surface area (Å²) in [5.74, 6) is 0.993. The lowest BCUT2D eigenvalue weighted by molar-refractivity contribution is 0.143. The number of ether oxygens (including phenoxy) is 1. The van der Waals surface area contributed by atoms with Gasteiger partial charge >= 0.3 is 6.03 Å². The third-order valence-electron chi connectivity index (χ3n) is 6.87. The Kier molecular flexibility index (Phi) is 7.42. The van der Waals surface area contributed by atoms with Crippen molar-refractivity contribution in [1.82, 2.24) is 24.6 Å². The minimum absolute atomic E-state index is 0.0851. The summed E-state index contributed by atoms with van der Waals surface area (Å²) in [6.45, 7) is 8.53. The zero-order chi connectivity index (χ0) is 25.8. The van der Waals surface area contributed by atoms with Crippen LogP contribution < -0.4 is 5.32 Å². The Labute approximate surface area is 218 Å². The fourth-order valence-corrected chi connectivity index (χ4v) is 5.15. The van der Waals surface area contributed by atoms with E-state index >= 15 is 0 Å². The molecule has 5 rings (SSSR count). The van der Waals surface area contributed by atoms with Gasteiger partial charge in [0.2, 0.25) is 0 Å². The maximum atomic E-state index is 13.8. The molecule has 1 atom stereocenters. The van der Waals surface area contributed by atoms with Gasteiger partial charge in [-0.3, -0.25) is 0 Å². The number of para-hydroxylation sites is 1. The molecule has 7 heteroatoms. The maximum Gasteiger partial charge on any atom is 0.318 e. The average Bonchev–Trinajstić information content (AvgIpc) is 3.50. The molecular formula is C30H35N5O2. The molecule has 3 heterocycles. The third-order valence-corrected chi connectivity index (χ3v) is 6.87. The molecule has 0 aliphatic carbocycles. The van der Waals surface area contributed by atoms with Crippen LogP contribution in [0.1, 0.15) is 54.4 Å². The molecule has 1 aliphatic heterocycles. The first-order valence-corrected chi connectivity index (χ1v) is 13.1. The number of nitrogens with zero attached hydrogens (tertiary/aromatic N) is 4. The number of fused-ring (bicyclic) bond motifs is 3. The summed E-state index contributed by atoms with van der Waals surface area (Å²) in [6.07, 6.45) is 3.63. The Bertz CT molecular complexity index is 1360. The Morgan fingerprint density at radius 3 is 2.68 bits per heavy atom. The monoisotopic (exact) mass is 497 g/mol. The van der Waals surface area contributed by atoms with Gasteiger partial charge in [0, 0.05) is 31.5 Å². The van der Waals surface area contributed by atoms with Crippen LogP contribution in [0.2, 0.25) is 0 Å².